The molecule has 4 rings (SSSR count). The highest BCUT2D eigenvalue weighted by molar-refractivity contribution is 7.89. The zero-order valence-electron chi connectivity index (χ0n) is 14.5. The molecule has 0 spiro atoms. The first-order chi connectivity index (χ1) is 12.5. The van der Waals surface area contributed by atoms with Crippen LogP contribution in [0.5, 0.6) is 0 Å². The van der Waals surface area contributed by atoms with Crippen molar-refractivity contribution < 1.29 is 12.8 Å². The number of hydrogen-bond acceptors (Lipinski definition) is 7. The highest BCUT2D eigenvalue weighted by atomic mass is 32.2. The van der Waals surface area contributed by atoms with Crippen molar-refractivity contribution in [2.45, 2.75) is 37.1 Å². The van der Waals surface area contributed by atoms with E-state index in [-0.39, 0.29) is 4.90 Å². The summed E-state index contributed by atoms with van der Waals surface area (Å²) in [6.45, 7) is 2.18. The molecule has 3 aromatic heterocycles. The first kappa shape index (κ1) is 17.4. The molecule has 1 fully saturated rings. The maximum Gasteiger partial charge on any atom is 0.257 e. The normalized spacial score (nSPS) is 19.1. The van der Waals surface area contributed by atoms with Crippen LogP contribution in [0, 0.1) is 6.92 Å². The lowest BCUT2D eigenvalue weighted by atomic mass is 10.1. The lowest BCUT2D eigenvalue weighted by molar-refractivity contribution is 0.220. The van der Waals surface area contributed by atoms with Crippen molar-refractivity contribution in [3.8, 4) is 10.8 Å². The summed E-state index contributed by atoms with van der Waals surface area (Å²) < 4.78 is 35.3. The van der Waals surface area contributed by atoms with Gasteiger partial charge in [-0.15, -0.1) is 21.5 Å². The first-order valence-electron chi connectivity index (χ1n) is 8.36. The fraction of sp³-hybridized carbons (Fsp3) is 0.438. The van der Waals surface area contributed by atoms with E-state index in [1.807, 2.05) is 17.5 Å². The SMILES string of the molecule is Cc1c(S(=O)(=O)N2CCCC[C@H]2c2nnc(-c3cccs3)o2)cnn1C. The molecule has 0 unspecified atom stereocenters. The van der Waals surface area contributed by atoms with Gasteiger partial charge in [-0.1, -0.05) is 12.5 Å². The number of piperidine rings is 1. The molecule has 1 saturated heterocycles. The minimum atomic E-state index is -3.69. The van der Waals surface area contributed by atoms with Gasteiger partial charge in [0.25, 0.3) is 5.89 Å². The Bertz CT molecular complexity index is 1010. The van der Waals surface area contributed by atoms with Gasteiger partial charge in [-0.05, 0) is 31.2 Å². The minimum Gasteiger partial charge on any atom is -0.418 e. The van der Waals surface area contributed by atoms with Gasteiger partial charge < -0.3 is 4.42 Å². The number of aryl methyl sites for hydroxylation is 1. The Labute approximate surface area is 155 Å². The van der Waals surface area contributed by atoms with E-state index in [0.29, 0.717) is 30.4 Å². The van der Waals surface area contributed by atoms with Crippen LogP contribution < -0.4 is 0 Å². The van der Waals surface area contributed by atoms with E-state index in [0.717, 1.165) is 17.7 Å². The zero-order valence-corrected chi connectivity index (χ0v) is 16.1. The predicted octanol–water partition coefficient (Wildman–Crippen LogP) is 2.76. The summed E-state index contributed by atoms with van der Waals surface area (Å²) in [7, 11) is -1.96. The smallest absolute Gasteiger partial charge is 0.257 e. The maximum absolute atomic E-state index is 13.2. The van der Waals surface area contributed by atoms with Gasteiger partial charge in [0, 0.05) is 13.6 Å². The van der Waals surface area contributed by atoms with Crippen molar-refractivity contribution in [2.75, 3.05) is 6.54 Å². The maximum atomic E-state index is 13.2. The molecular weight excluding hydrogens is 374 g/mol. The molecule has 1 atom stereocenters. The predicted molar refractivity (Wildman–Crippen MR) is 96.0 cm³/mol. The summed E-state index contributed by atoms with van der Waals surface area (Å²) in [6.07, 6.45) is 3.78. The highest BCUT2D eigenvalue weighted by Gasteiger charge is 2.39. The summed E-state index contributed by atoms with van der Waals surface area (Å²) in [6, 6.07) is 3.36. The molecule has 138 valence electrons. The first-order valence-corrected chi connectivity index (χ1v) is 10.7. The molecule has 1 aliphatic heterocycles. The molecular formula is C16H19N5O3S2. The molecule has 4 heterocycles. The average molecular weight is 393 g/mol. The van der Waals surface area contributed by atoms with Crippen LogP contribution in [0.2, 0.25) is 0 Å². The van der Waals surface area contributed by atoms with Crippen LogP contribution in [-0.4, -0.2) is 39.2 Å². The van der Waals surface area contributed by atoms with Gasteiger partial charge in [-0.2, -0.15) is 9.40 Å². The fourth-order valence-electron chi connectivity index (χ4n) is 3.17. The van der Waals surface area contributed by atoms with E-state index in [2.05, 4.69) is 15.3 Å². The molecule has 0 saturated carbocycles. The van der Waals surface area contributed by atoms with Crippen molar-refractivity contribution >= 4 is 21.4 Å². The van der Waals surface area contributed by atoms with Gasteiger partial charge in [0.1, 0.15) is 10.9 Å². The van der Waals surface area contributed by atoms with Crippen LogP contribution >= 0.6 is 11.3 Å². The Hall–Kier alpha value is -2.04. The van der Waals surface area contributed by atoms with E-state index in [4.69, 9.17) is 4.42 Å². The van der Waals surface area contributed by atoms with Crippen molar-refractivity contribution in [3.63, 3.8) is 0 Å². The summed E-state index contributed by atoms with van der Waals surface area (Å²) in [5, 5.41) is 14.3. The summed E-state index contributed by atoms with van der Waals surface area (Å²) in [4.78, 5) is 1.10. The standard InChI is InChI=1S/C16H19N5O3S2/c1-11-14(10-17-20(11)2)26(22,23)21-8-4-3-6-12(21)15-18-19-16(24-15)13-7-5-9-25-13/h5,7,9-10,12H,3-4,6,8H2,1-2H3/t12-/m0/s1. The van der Waals surface area contributed by atoms with Gasteiger partial charge in [-0.25, -0.2) is 8.42 Å². The number of sulfonamides is 1. The van der Waals surface area contributed by atoms with Crippen molar-refractivity contribution in [1.82, 2.24) is 24.3 Å². The monoisotopic (exact) mass is 393 g/mol. The van der Waals surface area contributed by atoms with Crippen LogP contribution in [0.4, 0.5) is 0 Å². The zero-order chi connectivity index (χ0) is 18.3. The van der Waals surface area contributed by atoms with E-state index >= 15 is 0 Å². The largest absolute Gasteiger partial charge is 0.418 e. The summed E-state index contributed by atoms with van der Waals surface area (Å²) in [5.74, 6) is 0.772. The van der Waals surface area contributed by atoms with Crippen molar-refractivity contribution in [3.05, 3.63) is 35.3 Å². The Morgan fingerprint density at radius 1 is 1.31 bits per heavy atom. The summed E-state index contributed by atoms with van der Waals surface area (Å²) >= 11 is 1.50. The third-order valence-corrected chi connectivity index (χ3v) is 7.56. The molecule has 0 aromatic carbocycles. The quantitative estimate of drug-likeness (QED) is 0.676. The third-order valence-electron chi connectivity index (χ3n) is 4.69. The second kappa shape index (κ2) is 6.60. The Kier molecular flexibility index (Phi) is 4.41. The van der Waals surface area contributed by atoms with E-state index in [1.54, 1.807) is 18.7 Å². The Morgan fingerprint density at radius 2 is 2.15 bits per heavy atom. The molecule has 0 radical (unpaired) electrons. The summed E-state index contributed by atoms with van der Waals surface area (Å²) in [5.41, 5.74) is 0.610. The van der Waals surface area contributed by atoms with Crippen LogP contribution in [0.15, 0.2) is 33.0 Å². The highest BCUT2D eigenvalue weighted by Crippen LogP contribution is 2.36. The molecule has 8 nitrogen and oxygen atoms in total. The fourth-order valence-corrected chi connectivity index (χ4v) is 5.65. The molecule has 0 bridgehead atoms. The lowest BCUT2D eigenvalue weighted by Gasteiger charge is -2.32. The number of nitrogens with zero attached hydrogens (tertiary/aromatic N) is 5. The van der Waals surface area contributed by atoms with Crippen molar-refractivity contribution in [2.24, 2.45) is 7.05 Å². The van der Waals surface area contributed by atoms with Gasteiger partial charge in [0.2, 0.25) is 15.9 Å². The molecule has 3 aromatic rings. The topological polar surface area (TPSA) is 94.1 Å². The van der Waals surface area contributed by atoms with Gasteiger partial charge in [0.15, 0.2) is 0 Å². The number of rotatable bonds is 4. The number of hydrogen-bond donors (Lipinski definition) is 0. The van der Waals surface area contributed by atoms with Crippen LogP contribution in [0.3, 0.4) is 0 Å². The molecule has 0 N–H and O–H groups in total. The molecule has 10 heteroatoms. The van der Waals surface area contributed by atoms with Crippen LogP contribution in [-0.2, 0) is 17.1 Å². The Balaban J connectivity index is 1.70. The second-order valence-corrected chi connectivity index (χ2v) is 9.07. The number of thiophene rings is 1. The van der Waals surface area contributed by atoms with E-state index < -0.39 is 16.1 Å². The lowest BCUT2D eigenvalue weighted by Crippen LogP contribution is -2.38. The van der Waals surface area contributed by atoms with Gasteiger partial charge in [-0.3, -0.25) is 4.68 Å². The minimum absolute atomic E-state index is 0.227. The van der Waals surface area contributed by atoms with Crippen molar-refractivity contribution in [1.29, 1.82) is 0 Å². The van der Waals surface area contributed by atoms with Crippen LogP contribution in [0.25, 0.3) is 10.8 Å². The van der Waals surface area contributed by atoms with Gasteiger partial charge in [0.05, 0.1) is 16.8 Å². The van der Waals surface area contributed by atoms with Crippen LogP contribution in [0.1, 0.15) is 36.9 Å². The molecule has 1 aliphatic rings. The third kappa shape index (κ3) is 2.87. The molecule has 0 amide bonds. The van der Waals surface area contributed by atoms with E-state index in [1.165, 1.54) is 21.8 Å². The van der Waals surface area contributed by atoms with Gasteiger partial charge >= 0.3 is 0 Å². The second-order valence-electron chi connectivity index (χ2n) is 6.27. The molecule has 26 heavy (non-hydrogen) atoms. The molecule has 0 aliphatic carbocycles. The van der Waals surface area contributed by atoms with E-state index in [9.17, 15) is 8.42 Å². The average Bonchev–Trinajstić information content (AvgIpc) is 3.37. The Morgan fingerprint density at radius 3 is 2.85 bits per heavy atom. The number of aromatic nitrogens is 4.